The Kier molecular flexibility index (Phi) is 5.02. The topological polar surface area (TPSA) is 68.0 Å². The van der Waals surface area contributed by atoms with Crippen molar-refractivity contribution in [2.45, 2.75) is 25.8 Å². The molecule has 8 heteroatoms. The maximum absolute atomic E-state index is 14.5. The fraction of sp³-hybridized carbons (Fsp3) is 0.174. The number of hydrogen-bond acceptors (Lipinski definition) is 5. The Balaban J connectivity index is 1.69. The molecule has 0 radical (unpaired) electrons. The van der Waals surface area contributed by atoms with Crippen molar-refractivity contribution in [3.63, 3.8) is 0 Å². The first-order valence-corrected chi connectivity index (χ1v) is 10.9. The van der Waals surface area contributed by atoms with Gasteiger partial charge in [-0.1, -0.05) is 11.6 Å². The minimum atomic E-state index is -0.491. The fourth-order valence-electron chi connectivity index (χ4n) is 4.01. The third-order valence-corrected chi connectivity index (χ3v) is 6.29. The average Bonchev–Trinajstić information content (AvgIpc) is 2.75. The highest BCUT2D eigenvalue weighted by atomic mass is 79.9. The summed E-state index contributed by atoms with van der Waals surface area (Å²) in [7, 11) is 0. The quantitative estimate of drug-likeness (QED) is 0.346. The van der Waals surface area contributed by atoms with Crippen molar-refractivity contribution >= 4 is 44.2 Å². The molecule has 5 rings (SSSR count). The zero-order valence-electron chi connectivity index (χ0n) is 16.4. The Morgan fingerprint density at radius 2 is 2.10 bits per heavy atom. The minimum absolute atomic E-state index is 0.201. The summed E-state index contributed by atoms with van der Waals surface area (Å²) in [6.07, 6.45) is 2.89. The number of aryl methyl sites for hydroxylation is 1. The summed E-state index contributed by atoms with van der Waals surface area (Å²) in [6.45, 7) is 1.87. The van der Waals surface area contributed by atoms with Gasteiger partial charge in [0.2, 0.25) is 0 Å². The molecule has 156 valence electrons. The lowest BCUT2D eigenvalue weighted by Crippen LogP contribution is -2.18. The number of anilines is 1. The first-order chi connectivity index (χ1) is 14.9. The second-order valence-electron chi connectivity index (χ2n) is 7.45. The van der Waals surface area contributed by atoms with Crippen molar-refractivity contribution in [1.29, 1.82) is 0 Å². The maximum atomic E-state index is 14.5. The molecule has 0 bridgehead atoms. The van der Waals surface area contributed by atoms with Crippen molar-refractivity contribution in [3.05, 3.63) is 85.2 Å². The maximum Gasteiger partial charge on any atom is 0.196 e. The van der Waals surface area contributed by atoms with E-state index in [1.807, 2.05) is 19.1 Å². The van der Waals surface area contributed by atoms with Gasteiger partial charge in [0.25, 0.3) is 0 Å². The van der Waals surface area contributed by atoms with E-state index in [9.17, 15) is 9.18 Å². The number of benzene rings is 1. The summed E-state index contributed by atoms with van der Waals surface area (Å²) < 4.78 is 21.3. The molecule has 1 N–H and O–H groups in total. The van der Waals surface area contributed by atoms with E-state index in [1.165, 1.54) is 12.1 Å². The summed E-state index contributed by atoms with van der Waals surface area (Å²) in [4.78, 5) is 21.8. The highest BCUT2D eigenvalue weighted by Crippen LogP contribution is 2.36. The molecule has 0 spiro atoms. The SMILES string of the molecule is C[C@@H](Nc1ccc(Cl)nc1Br)c1cc(F)cc2c(=O)c3c(oc12)-c1cccnc1CC3. The van der Waals surface area contributed by atoms with Crippen LogP contribution in [0, 0.1) is 5.82 Å². The third-order valence-electron chi connectivity index (χ3n) is 5.48. The zero-order valence-corrected chi connectivity index (χ0v) is 18.7. The largest absolute Gasteiger partial charge is 0.455 e. The zero-order chi connectivity index (χ0) is 21.7. The molecular weight excluding hydrogens is 485 g/mol. The van der Waals surface area contributed by atoms with E-state index in [-0.39, 0.29) is 16.9 Å². The lowest BCUT2D eigenvalue weighted by atomic mass is 9.92. The Morgan fingerprint density at radius 1 is 1.26 bits per heavy atom. The molecule has 5 nitrogen and oxygen atoms in total. The van der Waals surface area contributed by atoms with Crippen LogP contribution in [-0.4, -0.2) is 9.97 Å². The average molecular weight is 501 g/mol. The van der Waals surface area contributed by atoms with Crippen molar-refractivity contribution in [2.75, 3.05) is 5.32 Å². The van der Waals surface area contributed by atoms with E-state index >= 15 is 0 Å². The monoisotopic (exact) mass is 499 g/mol. The van der Waals surface area contributed by atoms with E-state index in [2.05, 4.69) is 31.2 Å². The third kappa shape index (κ3) is 3.51. The van der Waals surface area contributed by atoms with Crippen molar-refractivity contribution in [3.8, 4) is 11.3 Å². The number of hydrogen-bond donors (Lipinski definition) is 1. The van der Waals surface area contributed by atoms with E-state index in [1.54, 1.807) is 18.3 Å². The Bertz CT molecular complexity index is 1410. The van der Waals surface area contributed by atoms with Gasteiger partial charge in [0, 0.05) is 22.9 Å². The van der Waals surface area contributed by atoms with Crippen LogP contribution in [0.2, 0.25) is 5.15 Å². The molecule has 0 unspecified atom stereocenters. The van der Waals surface area contributed by atoms with Gasteiger partial charge in [0.05, 0.1) is 22.8 Å². The molecular formula is C23H16BrClFN3O2. The molecule has 1 aromatic carbocycles. The van der Waals surface area contributed by atoms with Crippen LogP contribution < -0.4 is 10.7 Å². The van der Waals surface area contributed by atoms with Crippen LogP contribution >= 0.6 is 27.5 Å². The van der Waals surface area contributed by atoms with Gasteiger partial charge in [0.15, 0.2) is 5.43 Å². The van der Waals surface area contributed by atoms with Gasteiger partial charge in [-0.05, 0) is 72.1 Å². The van der Waals surface area contributed by atoms with Gasteiger partial charge >= 0.3 is 0 Å². The number of pyridine rings is 2. The Hall–Kier alpha value is -2.77. The normalized spacial score (nSPS) is 13.5. The number of rotatable bonds is 3. The molecule has 0 saturated heterocycles. The smallest absolute Gasteiger partial charge is 0.196 e. The van der Waals surface area contributed by atoms with Crippen LogP contribution in [0.1, 0.15) is 29.8 Å². The number of aromatic nitrogens is 2. The van der Waals surface area contributed by atoms with E-state index < -0.39 is 5.82 Å². The number of nitrogens with one attached hydrogen (secondary N) is 1. The number of fused-ring (bicyclic) bond motifs is 4. The summed E-state index contributed by atoms with van der Waals surface area (Å²) in [5.41, 5.74) is 3.64. The van der Waals surface area contributed by atoms with Gasteiger partial charge in [-0.3, -0.25) is 9.78 Å². The molecule has 31 heavy (non-hydrogen) atoms. The van der Waals surface area contributed by atoms with Crippen LogP contribution in [-0.2, 0) is 12.8 Å². The molecule has 0 fully saturated rings. The summed E-state index contributed by atoms with van der Waals surface area (Å²) in [6, 6.07) is 9.41. The highest BCUT2D eigenvalue weighted by molar-refractivity contribution is 9.10. The molecule has 3 aromatic heterocycles. The van der Waals surface area contributed by atoms with Crippen LogP contribution in [0.3, 0.4) is 0 Å². The Labute approximate surface area is 190 Å². The van der Waals surface area contributed by atoms with Crippen molar-refractivity contribution in [2.24, 2.45) is 0 Å². The summed E-state index contributed by atoms with van der Waals surface area (Å²) >= 11 is 9.30. The first kappa shape index (κ1) is 20.2. The van der Waals surface area contributed by atoms with Crippen LogP contribution in [0.4, 0.5) is 10.1 Å². The van der Waals surface area contributed by atoms with Gasteiger partial charge < -0.3 is 9.73 Å². The predicted molar refractivity (Wildman–Crippen MR) is 122 cm³/mol. The second-order valence-corrected chi connectivity index (χ2v) is 8.58. The predicted octanol–water partition coefficient (Wildman–Crippen LogP) is 6.08. The molecule has 0 amide bonds. The first-order valence-electron chi connectivity index (χ1n) is 9.74. The Morgan fingerprint density at radius 3 is 2.90 bits per heavy atom. The number of nitrogens with zero attached hydrogens (tertiary/aromatic N) is 2. The van der Waals surface area contributed by atoms with Crippen LogP contribution in [0.5, 0.6) is 0 Å². The van der Waals surface area contributed by atoms with Gasteiger partial charge in [-0.25, -0.2) is 9.37 Å². The molecule has 1 atom stereocenters. The lowest BCUT2D eigenvalue weighted by Gasteiger charge is -2.21. The molecule has 3 heterocycles. The fourth-order valence-corrected chi connectivity index (χ4v) is 4.70. The molecule has 0 saturated carbocycles. The number of halogens is 3. The lowest BCUT2D eigenvalue weighted by molar-refractivity contribution is 0.585. The highest BCUT2D eigenvalue weighted by Gasteiger charge is 2.26. The van der Waals surface area contributed by atoms with Gasteiger partial charge in [-0.2, -0.15) is 0 Å². The molecule has 4 aromatic rings. The summed E-state index contributed by atoms with van der Waals surface area (Å²) in [5, 5.41) is 3.87. The van der Waals surface area contributed by atoms with Crippen molar-refractivity contribution in [1.82, 2.24) is 9.97 Å². The van der Waals surface area contributed by atoms with Crippen LogP contribution in [0.15, 0.2) is 56.4 Å². The van der Waals surface area contributed by atoms with E-state index in [0.717, 1.165) is 11.3 Å². The van der Waals surface area contributed by atoms with Gasteiger partial charge in [0.1, 0.15) is 26.9 Å². The van der Waals surface area contributed by atoms with Gasteiger partial charge in [-0.15, -0.1) is 0 Å². The molecule has 1 aliphatic carbocycles. The van der Waals surface area contributed by atoms with E-state index in [0.29, 0.717) is 50.8 Å². The standard InChI is InChI=1S/C23H16BrClFN3O2/c1-11(28-18-6-7-19(25)29-23(18)24)15-9-12(26)10-16-20(30)14-4-5-17-13(3-2-8-27-17)21(14)31-22(15)16/h2-3,6-11,28H,4-5H2,1H3/t11-/m1/s1. The second kappa shape index (κ2) is 7.73. The summed E-state index contributed by atoms with van der Waals surface area (Å²) in [5.74, 6) is 0.0239. The minimum Gasteiger partial charge on any atom is -0.455 e. The van der Waals surface area contributed by atoms with E-state index in [4.69, 9.17) is 16.0 Å². The molecule has 0 aliphatic heterocycles. The van der Waals surface area contributed by atoms with Crippen LogP contribution in [0.25, 0.3) is 22.3 Å². The van der Waals surface area contributed by atoms with Crippen molar-refractivity contribution < 1.29 is 8.81 Å². The molecule has 1 aliphatic rings.